The normalized spacial score (nSPS) is 10.8. The van der Waals surface area contributed by atoms with Crippen molar-refractivity contribution in [3.63, 3.8) is 0 Å². The largest absolute Gasteiger partial charge is 0.507 e. The minimum atomic E-state index is -0.379. The molecule has 126 valence electrons. The van der Waals surface area contributed by atoms with Gasteiger partial charge in [0.2, 0.25) is 0 Å². The number of hydrogen-bond donors (Lipinski definition) is 2. The van der Waals surface area contributed by atoms with Gasteiger partial charge in [0.1, 0.15) is 11.5 Å². The van der Waals surface area contributed by atoms with Gasteiger partial charge >= 0.3 is 0 Å². The number of ether oxygens (including phenoxy) is 1. The molecule has 0 fully saturated rings. The van der Waals surface area contributed by atoms with Crippen molar-refractivity contribution in [2.75, 3.05) is 6.61 Å². The Kier molecular flexibility index (Phi) is 5.98. The molecule has 0 aliphatic carbocycles. The van der Waals surface area contributed by atoms with Gasteiger partial charge in [0.15, 0.2) is 6.61 Å². The van der Waals surface area contributed by atoms with Crippen molar-refractivity contribution >= 4 is 28.1 Å². The third kappa shape index (κ3) is 4.83. The number of aromatic hydroxyl groups is 1. The average molecular weight is 391 g/mol. The number of aryl methyl sites for hydroxylation is 3. The maximum absolute atomic E-state index is 11.8. The number of amides is 1. The first kappa shape index (κ1) is 18.0. The zero-order valence-electron chi connectivity index (χ0n) is 13.8. The molecule has 5 nitrogen and oxygen atoms in total. The summed E-state index contributed by atoms with van der Waals surface area (Å²) in [6, 6.07) is 9.15. The zero-order chi connectivity index (χ0) is 17.7. The van der Waals surface area contributed by atoms with Gasteiger partial charge in [0.25, 0.3) is 5.91 Å². The van der Waals surface area contributed by atoms with Gasteiger partial charge in [-0.25, -0.2) is 5.43 Å². The van der Waals surface area contributed by atoms with E-state index in [1.54, 1.807) is 19.1 Å². The molecular weight excluding hydrogens is 372 g/mol. The van der Waals surface area contributed by atoms with Gasteiger partial charge in [-0.05, 0) is 61.7 Å². The van der Waals surface area contributed by atoms with Crippen molar-refractivity contribution in [1.29, 1.82) is 0 Å². The van der Waals surface area contributed by atoms with Crippen LogP contribution in [0.1, 0.15) is 22.3 Å². The molecule has 0 heterocycles. The number of hydrazone groups is 1. The molecule has 2 aromatic rings. The van der Waals surface area contributed by atoms with Crippen LogP contribution >= 0.6 is 15.9 Å². The monoisotopic (exact) mass is 390 g/mol. The highest BCUT2D eigenvalue weighted by Gasteiger charge is 2.05. The third-order valence-corrected chi connectivity index (χ3v) is 3.99. The van der Waals surface area contributed by atoms with Crippen LogP contribution in [0.4, 0.5) is 0 Å². The van der Waals surface area contributed by atoms with Crippen molar-refractivity contribution < 1.29 is 14.6 Å². The van der Waals surface area contributed by atoms with Crippen LogP contribution in [0.3, 0.4) is 0 Å². The molecule has 0 aliphatic heterocycles. The summed E-state index contributed by atoms with van der Waals surface area (Å²) in [6.07, 6.45) is 1.39. The molecule has 2 N–H and O–H groups in total. The van der Waals surface area contributed by atoms with E-state index in [1.165, 1.54) is 11.8 Å². The molecule has 0 aromatic heterocycles. The first-order chi connectivity index (χ1) is 11.4. The highest BCUT2D eigenvalue weighted by Crippen LogP contribution is 2.25. The van der Waals surface area contributed by atoms with Gasteiger partial charge in [-0.2, -0.15) is 5.10 Å². The van der Waals surface area contributed by atoms with Crippen LogP contribution < -0.4 is 10.2 Å². The second kappa shape index (κ2) is 7.97. The Labute approximate surface area is 149 Å². The summed E-state index contributed by atoms with van der Waals surface area (Å²) in [5.41, 5.74) is 5.87. The molecule has 2 rings (SSSR count). The predicted octanol–water partition coefficient (Wildman–Crippen LogP) is 3.61. The van der Waals surface area contributed by atoms with Crippen LogP contribution in [-0.4, -0.2) is 23.8 Å². The predicted molar refractivity (Wildman–Crippen MR) is 97.7 cm³/mol. The van der Waals surface area contributed by atoms with Crippen molar-refractivity contribution in [1.82, 2.24) is 5.43 Å². The van der Waals surface area contributed by atoms with Crippen LogP contribution in [0, 0.1) is 20.8 Å². The molecule has 0 unspecified atom stereocenters. The van der Waals surface area contributed by atoms with Gasteiger partial charge in [-0.1, -0.05) is 22.0 Å². The maximum Gasteiger partial charge on any atom is 0.277 e. The van der Waals surface area contributed by atoms with Crippen molar-refractivity contribution in [3.8, 4) is 11.5 Å². The second-order valence-electron chi connectivity index (χ2n) is 5.49. The molecule has 24 heavy (non-hydrogen) atoms. The number of phenolic OH excluding ortho intramolecular Hbond substituents is 1. The van der Waals surface area contributed by atoms with Crippen molar-refractivity contribution in [2.24, 2.45) is 5.10 Å². The number of phenols is 1. The number of halogens is 1. The van der Waals surface area contributed by atoms with E-state index in [1.807, 2.05) is 32.0 Å². The first-order valence-electron chi connectivity index (χ1n) is 7.38. The van der Waals surface area contributed by atoms with Crippen LogP contribution in [0.25, 0.3) is 0 Å². The topological polar surface area (TPSA) is 70.9 Å². The zero-order valence-corrected chi connectivity index (χ0v) is 15.3. The van der Waals surface area contributed by atoms with E-state index in [2.05, 4.69) is 26.5 Å². The summed E-state index contributed by atoms with van der Waals surface area (Å²) in [4.78, 5) is 11.8. The van der Waals surface area contributed by atoms with Crippen LogP contribution in [0.5, 0.6) is 11.5 Å². The third-order valence-electron chi connectivity index (χ3n) is 3.54. The van der Waals surface area contributed by atoms with E-state index in [4.69, 9.17) is 4.74 Å². The number of benzene rings is 2. The Morgan fingerprint density at radius 2 is 1.96 bits per heavy atom. The Bertz CT molecular complexity index is 788. The summed E-state index contributed by atoms with van der Waals surface area (Å²) in [6.45, 7) is 5.65. The molecule has 0 bridgehead atoms. The fourth-order valence-electron chi connectivity index (χ4n) is 2.02. The molecular formula is C18H19BrN2O3. The van der Waals surface area contributed by atoms with E-state index >= 15 is 0 Å². The van der Waals surface area contributed by atoms with Gasteiger partial charge < -0.3 is 9.84 Å². The quantitative estimate of drug-likeness (QED) is 0.604. The molecule has 0 saturated heterocycles. The Morgan fingerprint density at radius 3 is 2.67 bits per heavy atom. The maximum atomic E-state index is 11.8. The average Bonchev–Trinajstić information content (AvgIpc) is 2.53. The van der Waals surface area contributed by atoms with Crippen LogP contribution in [0.2, 0.25) is 0 Å². The molecule has 0 saturated carbocycles. The highest BCUT2D eigenvalue weighted by atomic mass is 79.9. The minimum Gasteiger partial charge on any atom is -0.507 e. The molecule has 0 aliphatic rings. The van der Waals surface area contributed by atoms with Crippen LogP contribution in [0.15, 0.2) is 39.9 Å². The lowest BCUT2D eigenvalue weighted by atomic mass is 10.1. The summed E-state index contributed by atoms with van der Waals surface area (Å²) in [5, 5.41) is 13.8. The number of rotatable bonds is 5. The number of carbonyl (C=O) groups excluding carboxylic acids is 1. The lowest BCUT2D eigenvalue weighted by molar-refractivity contribution is -0.123. The van der Waals surface area contributed by atoms with E-state index in [0.717, 1.165) is 15.6 Å². The number of nitrogens with zero attached hydrogens (tertiary/aromatic N) is 1. The second-order valence-corrected chi connectivity index (χ2v) is 6.40. The first-order valence-corrected chi connectivity index (χ1v) is 8.17. The van der Waals surface area contributed by atoms with Gasteiger partial charge in [0.05, 0.1) is 6.21 Å². The molecule has 0 spiro atoms. The lowest BCUT2D eigenvalue weighted by Crippen LogP contribution is -2.24. The van der Waals surface area contributed by atoms with Crippen molar-refractivity contribution in [3.05, 3.63) is 57.1 Å². The molecule has 1 amide bonds. The van der Waals surface area contributed by atoms with E-state index in [-0.39, 0.29) is 18.3 Å². The fourth-order valence-corrected chi connectivity index (χ4v) is 2.61. The lowest BCUT2D eigenvalue weighted by Gasteiger charge is -2.07. The fraction of sp³-hybridized carbons (Fsp3) is 0.222. The van der Waals surface area contributed by atoms with Crippen LogP contribution in [-0.2, 0) is 4.79 Å². The SMILES string of the molecule is Cc1ccc(OCC(=O)N/N=C/c2cc(Br)cc(C)c2O)cc1C. The summed E-state index contributed by atoms with van der Waals surface area (Å²) in [7, 11) is 0. The van der Waals surface area contributed by atoms with E-state index < -0.39 is 0 Å². The summed E-state index contributed by atoms with van der Waals surface area (Å²) < 4.78 is 6.25. The molecule has 6 heteroatoms. The standard InChI is InChI=1S/C18H19BrN2O3/c1-11-4-5-16(7-12(11)2)24-10-17(22)21-20-9-14-8-15(19)6-13(3)18(14)23/h4-9,23H,10H2,1-3H3,(H,21,22)/b20-9+. The Morgan fingerprint density at radius 1 is 1.21 bits per heavy atom. The molecule has 0 radical (unpaired) electrons. The molecule has 2 aromatic carbocycles. The van der Waals surface area contributed by atoms with Crippen molar-refractivity contribution in [2.45, 2.75) is 20.8 Å². The van der Waals surface area contributed by atoms with Gasteiger partial charge in [0, 0.05) is 10.0 Å². The highest BCUT2D eigenvalue weighted by molar-refractivity contribution is 9.10. The van der Waals surface area contributed by atoms with Gasteiger partial charge in [-0.15, -0.1) is 0 Å². The summed E-state index contributed by atoms with van der Waals surface area (Å²) in [5.74, 6) is 0.385. The number of hydrogen-bond acceptors (Lipinski definition) is 4. The summed E-state index contributed by atoms with van der Waals surface area (Å²) >= 11 is 3.35. The molecule has 0 atom stereocenters. The van der Waals surface area contributed by atoms with E-state index in [0.29, 0.717) is 11.3 Å². The number of nitrogens with one attached hydrogen (secondary N) is 1. The smallest absolute Gasteiger partial charge is 0.277 e. The number of carbonyl (C=O) groups is 1. The minimum absolute atomic E-state index is 0.127. The Hall–Kier alpha value is -2.34. The Balaban J connectivity index is 1.90. The van der Waals surface area contributed by atoms with Gasteiger partial charge in [-0.3, -0.25) is 4.79 Å². The van der Waals surface area contributed by atoms with E-state index in [9.17, 15) is 9.90 Å².